The van der Waals surface area contributed by atoms with Crippen LogP contribution in [-0.4, -0.2) is 11.7 Å². The second-order valence-electron chi connectivity index (χ2n) is 5.30. The summed E-state index contributed by atoms with van der Waals surface area (Å²) >= 11 is 0. The zero-order valence-electron chi connectivity index (χ0n) is 12.2. The normalized spacial score (nSPS) is 12.7. The minimum Gasteiger partial charge on any atom is -0.361 e. The maximum Gasteiger partial charge on any atom is 0.137 e. The van der Waals surface area contributed by atoms with Crippen molar-refractivity contribution in [3.05, 3.63) is 51.9 Å². The predicted molar refractivity (Wildman–Crippen MR) is 77.4 cm³/mol. The van der Waals surface area contributed by atoms with E-state index in [9.17, 15) is 0 Å². The molecule has 0 radical (unpaired) electrons. The molecule has 2 aromatic rings. The van der Waals surface area contributed by atoms with E-state index in [1.807, 2.05) is 13.8 Å². The van der Waals surface area contributed by atoms with Crippen molar-refractivity contribution in [1.29, 1.82) is 0 Å². The van der Waals surface area contributed by atoms with Gasteiger partial charge in [0.05, 0.1) is 5.69 Å². The Hall–Kier alpha value is -1.61. The summed E-state index contributed by atoms with van der Waals surface area (Å²) in [7, 11) is 0. The Kier molecular flexibility index (Phi) is 4.05. The van der Waals surface area contributed by atoms with Gasteiger partial charge in [0.15, 0.2) is 0 Å². The topological polar surface area (TPSA) is 52.0 Å². The molecule has 3 nitrogen and oxygen atoms in total. The molecule has 0 aliphatic rings. The summed E-state index contributed by atoms with van der Waals surface area (Å²) in [5, 5.41) is 4.02. The number of benzene rings is 1. The molecule has 0 saturated heterocycles. The third kappa shape index (κ3) is 2.87. The molecule has 0 spiro atoms. The van der Waals surface area contributed by atoms with E-state index in [0.717, 1.165) is 17.9 Å². The van der Waals surface area contributed by atoms with E-state index in [-0.39, 0.29) is 0 Å². The molecule has 2 N–H and O–H groups in total. The fraction of sp³-hybridized carbons (Fsp3) is 0.438. The Morgan fingerprint density at radius 1 is 1.21 bits per heavy atom. The van der Waals surface area contributed by atoms with Gasteiger partial charge in [-0.3, -0.25) is 0 Å². The fourth-order valence-corrected chi connectivity index (χ4v) is 2.56. The van der Waals surface area contributed by atoms with Gasteiger partial charge in [-0.05, 0) is 51.8 Å². The molecular weight excluding hydrogens is 236 g/mol. The molecule has 0 bridgehead atoms. The highest BCUT2D eigenvalue weighted by molar-refractivity contribution is 5.35. The van der Waals surface area contributed by atoms with Crippen LogP contribution in [0.4, 0.5) is 0 Å². The third-order valence-electron chi connectivity index (χ3n) is 3.79. The number of hydrogen-bond donors (Lipinski definition) is 1. The summed E-state index contributed by atoms with van der Waals surface area (Å²) in [4.78, 5) is 0. The SMILES string of the molecule is Cc1ccc(C)c(C(CN)Cc2c(C)noc2C)c1. The molecule has 0 aliphatic carbocycles. The van der Waals surface area contributed by atoms with Crippen LogP contribution in [0.5, 0.6) is 0 Å². The van der Waals surface area contributed by atoms with Crippen LogP contribution in [0.15, 0.2) is 22.7 Å². The fourth-order valence-electron chi connectivity index (χ4n) is 2.56. The van der Waals surface area contributed by atoms with Gasteiger partial charge in [-0.15, -0.1) is 0 Å². The van der Waals surface area contributed by atoms with Gasteiger partial charge in [-0.1, -0.05) is 28.9 Å². The molecule has 1 aromatic carbocycles. The van der Waals surface area contributed by atoms with Crippen LogP contribution in [-0.2, 0) is 6.42 Å². The smallest absolute Gasteiger partial charge is 0.137 e. The molecule has 2 rings (SSSR count). The van der Waals surface area contributed by atoms with E-state index in [0.29, 0.717) is 12.5 Å². The lowest BCUT2D eigenvalue weighted by atomic mass is 9.88. The van der Waals surface area contributed by atoms with Crippen LogP contribution in [0.1, 0.15) is 39.6 Å². The number of hydrogen-bond acceptors (Lipinski definition) is 3. The molecule has 0 fully saturated rings. The maximum atomic E-state index is 5.99. The lowest BCUT2D eigenvalue weighted by Crippen LogP contribution is -2.17. The molecule has 1 heterocycles. The first-order chi connectivity index (χ1) is 9.02. The van der Waals surface area contributed by atoms with Crippen molar-refractivity contribution >= 4 is 0 Å². The summed E-state index contributed by atoms with van der Waals surface area (Å²) in [6, 6.07) is 6.55. The summed E-state index contributed by atoms with van der Waals surface area (Å²) in [6.07, 6.45) is 0.891. The first-order valence-electron chi connectivity index (χ1n) is 6.72. The van der Waals surface area contributed by atoms with Crippen LogP contribution >= 0.6 is 0 Å². The van der Waals surface area contributed by atoms with E-state index in [1.54, 1.807) is 0 Å². The second kappa shape index (κ2) is 5.57. The highest BCUT2D eigenvalue weighted by atomic mass is 16.5. The van der Waals surface area contributed by atoms with Crippen molar-refractivity contribution in [3.8, 4) is 0 Å². The number of aryl methyl sites for hydroxylation is 4. The van der Waals surface area contributed by atoms with E-state index >= 15 is 0 Å². The van der Waals surface area contributed by atoms with Gasteiger partial charge < -0.3 is 10.3 Å². The Bertz CT molecular complexity index is 553. The minimum absolute atomic E-state index is 0.316. The van der Waals surface area contributed by atoms with Gasteiger partial charge in [0.25, 0.3) is 0 Å². The minimum atomic E-state index is 0.316. The monoisotopic (exact) mass is 258 g/mol. The van der Waals surface area contributed by atoms with Crippen LogP contribution < -0.4 is 5.73 Å². The molecular formula is C16H22N2O. The zero-order chi connectivity index (χ0) is 14.0. The molecule has 0 aliphatic heterocycles. The predicted octanol–water partition coefficient (Wildman–Crippen LogP) is 3.19. The lowest BCUT2D eigenvalue weighted by molar-refractivity contribution is 0.392. The first kappa shape index (κ1) is 13.8. The van der Waals surface area contributed by atoms with Crippen LogP contribution in [0.2, 0.25) is 0 Å². The standard InChI is InChI=1S/C16H22N2O/c1-10-5-6-11(2)15(7-10)14(9-17)8-16-12(3)18-19-13(16)4/h5-7,14H,8-9,17H2,1-4H3. The lowest BCUT2D eigenvalue weighted by Gasteiger charge is -2.18. The van der Waals surface area contributed by atoms with Crippen molar-refractivity contribution in [2.45, 2.75) is 40.0 Å². The Labute approximate surface area is 114 Å². The van der Waals surface area contributed by atoms with Crippen molar-refractivity contribution in [2.75, 3.05) is 6.54 Å². The van der Waals surface area contributed by atoms with Gasteiger partial charge in [0, 0.05) is 11.5 Å². The zero-order valence-corrected chi connectivity index (χ0v) is 12.2. The van der Waals surface area contributed by atoms with Crippen molar-refractivity contribution in [1.82, 2.24) is 5.16 Å². The number of aromatic nitrogens is 1. The van der Waals surface area contributed by atoms with Crippen molar-refractivity contribution in [2.24, 2.45) is 5.73 Å². The summed E-state index contributed by atoms with van der Waals surface area (Å²) < 4.78 is 5.24. The van der Waals surface area contributed by atoms with Crippen molar-refractivity contribution < 1.29 is 4.52 Å². The van der Waals surface area contributed by atoms with Gasteiger partial charge in [0.1, 0.15) is 5.76 Å². The van der Waals surface area contributed by atoms with Gasteiger partial charge in [-0.2, -0.15) is 0 Å². The quantitative estimate of drug-likeness (QED) is 0.916. The Morgan fingerprint density at radius 3 is 2.53 bits per heavy atom. The summed E-state index contributed by atoms with van der Waals surface area (Å²) in [6.45, 7) is 8.85. The molecule has 1 aromatic heterocycles. The van der Waals surface area contributed by atoms with Gasteiger partial charge >= 0.3 is 0 Å². The molecule has 1 unspecified atom stereocenters. The third-order valence-corrected chi connectivity index (χ3v) is 3.79. The summed E-state index contributed by atoms with van der Waals surface area (Å²) in [5.41, 5.74) is 12.1. The molecule has 19 heavy (non-hydrogen) atoms. The van der Waals surface area contributed by atoms with Crippen molar-refractivity contribution in [3.63, 3.8) is 0 Å². The molecule has 3 heteroatoms. The van der Waals surface area contributed by atoms with E-state index in [1.165, 1.54) is 22.3 Å². The van der Waals surface area contributed by atoms with E-state index < -0.39 is 0 Å². The van der Waals surface area contributed by atoms with Crippen LogP contribution in [0.25, 0.3) is 0 Å². The maximum absolute atomic E-state index is 5.99. The first-order valence-corrected chi connectivity index (χ1v) is 6.72. The molecule has 1 atom stereocenters. The second-order valence-corrected chi connectivity index (χ2v) is 5.30. The highest BCUT2D eigenvalue weighted by Gasteiger charge is 2.18. The number of nitrogens with two attached hydrogens (primary N) is 1. The molecule has 0 amide bonds. The van der Waals surface area contributed by atoms with E-state index in [2.05, 4.69) is 37.2 Å². The highest BCUT2D eigenvalue weighted by Crippen LogP contribution is 2.26. The van der Waals surface area contributed by atoms with Gasteiger partial charge in [-0.25, -0.2) is 0 Å². The number of nitrogens with zero attached hydrogens (tertiary/aromatic N) is 1. The average molecular weight is 258 g/mol. The largest absolute Gasteiger partial charge is 0.361 e. The number of rotatable bonds is 4. The Morgan fingerprint density at radius 2 is 1.95 bits per heavy atom. The summed E-state index contributed by atoms with van der Waals surface area (Å²) in [5.74, 6) is 1.22. The molecule has 0 saturated carbocycles. The average Bonchev–Trinajstić information content (AvgIpc) is 2.70. The Balaban J connectivity index is 2.33. The van der Waals surface area contributed by atoms with E-state index in [4.69, 9.17) is 10.3 Å². The van der Waals surface area contributed by atoms with Gasteiger partial charge in [0.2, 0.25) is 0 Å². The van der Waals surface area contributed by atoms with Crippen LogP contribution in [0.3, 0.4) is 0 Å². The van der Waals surface area contributed by atoms with Crippen LogP contribution in [0, 0.1) is 27.7 Å². The molecule has 102 valence electrons.